The zero-order chi connectivity index (χ0) is 7.56. The van der Waals surface area contributed by atoms with E-state index in [1.807, 2.05) is 5.43 Å². The van der Waals surface area contributed by atoms with Crippen molar-refractivity contribution in [1.82, 2.24) is 9.80 Å². The lowest BCUT2D eigenvalue weighted by Crippen LogP contribution is -2.29. The Bertz CT molecular complexity index is 248. The number of hydrogen-bond acceptors (Lipinski definition) is 4. The number of amides is 1. The average molecular weight is 178 g/mol. The number of hydrazine groups is 1. The number of carbonyl (C=O) groups excluding carboxylic acids is 1. The van der Waals surface area contributed by atoms with E-state index >= 15 is 0 Å². The summed E-state index contributed by atoms with van der Waals surface area (Å²) in [7, 11) is 0. The van der Waals surface area contributed by atoms with Gasteiger partial charge in [-0.1, -0.05) is 11.6 Å². The number of aromatic nitrogens is 1. The fourth-order valence-corrected chi connectivity index (χ4v) is 1.25. The van der Waals surface area contributed by atoms with Crippen LogP contribution in [-0.2, 0) is 0 Å². The zero-order valence-electron chi connectivity index (χ0n) is 4.80. The van der Waals surface area contributed by atoms with Crippen LogP contribution in [0, 0.1) is 0 Å². The quantitative estimate of drug-likeness (QED) is 0.371. The summed E-state index contributed by atoms with van der Waals surface area (Å²) in [5, 5.41) is 0.309. The Morgan fingerprint density at radius 3 is 3.00 bits per heavy atom. The Hall–Kier alpha value is -0.650. The molecule has 54 valence electrons. The lowest BCUT2D eigenvalue weighted by Gasteiger charge is -1.89. The van der Waals surface area contributed by atoms with Crippen LogP contribution in [-0.4, -0.2) is 10.3 Å². The van der Waals surface area contributed by atoms with Crippen LogP contribution in [0.2, 0.25) is 5.15 Å². The number of nitrogens with zero attached hydrogens (tertiary/aromatic N) is 1. The molecule has 0 bridgehead atoms. The van der Waals surface area contributed by atoms with E-state index in [2.05, 4.69) is 4.37 Å². The van der Waals surface area contributed by atoms with Crippen LogP contribution in [0.4, 0.5) is 0 Å². The van der Waals surface area contributed by atoms with E-state index in [4.69, 9.17) is 17.4 Å². The summed E-state index contributed by atoms with van der Waals surface area (Å²) in [6.07, 6.45) is 0. The predicted octanol–water partition coefficient (Wildman–Crippen LogP) is 0.400. The molecule has 0 fully saturated rings. The van der Waals surface area contributed by atoms with Crippen LogP contribution < -0.4 is 11.3 Å². The molecule has 0 unspecified atom stereocenters. The van der Waals surface area contributed by atoms with Gasteiger partial charge in [-0.05, 0) is 11.5 Å². The summed E-state index contributed by atoms with van der Waals surface area (Å²) in [5.41, 5.74) is 1.97. The van der Waals surface area contributed by atoms with E-state index in [9.17, 15) is 4.79 Å². The maximum Gasteiger partial charge on any atom is 0.276 e. The van der Waals surface area contributed by atoms with Gasteiger partial charge in [-0.25, -0.2) is 5.84 Å². The average Bonchev–Trinajstić information content (AvgIpc) is 2.34. The topological polar surface area (TPSA) is 68.0 Å². The predicted molar refractivity (Wildman–Crippen MR) is 38.8 cm³/mol. The molecule has 1 aromatic rings. The fourth-order valence-electron chi connectivity index (χ4n) is 0.432. The maximum atomic E-state index is 10.7. The minimum absolute atomic E-state index is 0.309. The van der Waals surface area contributed by atoms with Crippen molar-refractivity contribution in [2.75, 3.05) is 0 Å². The highest BCUT2D eigenvalue weighted by molar-refractivity contribution is 7.08. The minimum Gasteiger partial charge on any atom is -0.289 e. The molecule has 1 amide bonds. The number of carbonyl (C=O) groups is 1. The summed E-state index contributed by atoms with van der Waals surface area (Å²) in [4.78, 5) is 11.1. The number of nitrogen functional groups attached to an aromatic ring is 1. The molecular formula is C4H4ClN3OS. The molecule has 1 heterocycles. The summed E-state index contributed by atoms with van der Waals surface area (Å²) in [6.45, 7) is 0. The molecule has 4 nitrogen and oxygen atoms in total. The van der Waals surface area contributed by atoms with E-state index in [0.717, 1.165) is 11.5 Å². The molecule has 0 saturated heterocycles. The Labute approximate surface area is 66.1 Å². The van der Waals surface area contributed by atoms with Crippen molar-refractivity contribution >= 4 is 29.0 Å². The molecule has 6 heteroatoms. The highest BCUT2D eigenvalue weighted by atomic mass is 35.5. The third-order valence-corrected chi connectivity index (χ3v) is 1.92. The number of rotatable bonds is 1. The van der Waals surface area contributed by atoms with Crippen molar-refractivity contribution in [3.8, 4) is 0 Å². The van der Waals surface area contributed by atoms with E-state index in [0.29, 0.717) is 10.0 Å². The summed E-state index contributed by atoms with van der Waals surface area (Å²) in [6, 6.07) is 1.45. The van der Waals surface area contributed by atoms with Crippen molar-refractivity contribution in [3.05, 3.63) is 16.1 Å². The first-order valence-electron chi connectivity index (χ1n) is 2.37. The van der Waals surface area contributed by atoms with E-state index in [-0.39, 0.29) is 5.91 Å². The summed E-state index contributed by atoms with van der Waals surface area (Å²) >= 11 is 6.45. The Morgan fingerprint density at radius 1 is 1.90 bits per heavy atom. The van der Waals surface area contributed by atoms with Crippen LogP contribution in [0.5, 0.6) is 0 Å². The zero-order valence-corrected chi connectivity index (χ0v) is 6.37. The normalized spacial score (nSPS) is 9.40. The molecule has 0 aliphatic heterocycles. The standard InChI is InChI=1S/C4H4ClN3OS/c5-3-1-2(10-8-3)4(9)7-6/h1H,6H2,(H,7,9). The first-order chi connectivity index (χ1) is 4.74. The lowest BCUT2D eigenvalue weighted by molar-refractivity contribution is 0.0957. The third-order valence-electron chi connectivity index (χ3n) is 0.836. The summed E-state index contributed by atoms with van der Waals surface area (Å²) in [5.74, 6) is 4.48. The van der Waals surface area contributed by atoms with Gasteiger partial charge in [-0.15, -0.1) is 0 Å². The second kappa shape index (κ2) is 2.96. The van der Waals surface area contributed by atoms with Gasteiger partial charge >= 0.3 is 0 Å². The molecular weight excluding hydrogens is 174 g/mol. The first kappa shape index (κ1) is 7.46. The van der Waals surface area contributed by atoms with Gasteiger partial charge in [0.1, 0.15) is 10.0 Å². The van der Waals surface area contributed by atoms with Gasteiger partial charge in [-0.2, -0.15) is 4.37 Å². The molecule has 0 aromatic carbocycles. The van der Waals surface area contributed by atoms with E-state index in [1.165, 1.54) is 6.07 Å². The molecule has 10 heavy (non-hydrogen) atoms. The molecule has 1 aromatic heterocycles. The molecule has 1 rings (SSSR count). The van der Waals surface area contributed by atoms with Gasteiger partial charge in [-0.3, -0.25) is 10.2 Å². The van der Waals surface area contributed by atoms with Crippen molar-refractivity contribution in [2.24, 2.45) is 5.84 Å². The molecule has 0 spiro atoms. The van der Waals surface area contributed by atoms with Crippen LogP contribution in [0.3, 0.4) is 0 Å². The van der Waals surface area contributed by atoms with Gasteiger partial charge in [0.15, 0.2) is 0 Å². The smallest absolute Gasteiger partial charge is 0.276 e. The molecule has 0 aliphatic rings. The maximum absolute atomic E-state index is 10.7. The van der Waals surface area contributed by atoms with Crippen molar-refractivity contribution in [1.29, 1.82) is 0 Å². The lowest BCUT2D eigenvalue weighted by atomic mass is 10.5. The monoisotopic (exact) mass is 177 g/mol. The second-order valence-corrected chi connectivity index (χ2v) is 2.68. The van der Waals surface area contributed by atoms with Gasteiger partial charge in [0.2, 0.25) is 0 Å². The molecule has 0 aliphatic carbocycles. The van der Waals surface area contributed by atoms with Gasteiger partial charge in [0, 0.05) is 6.07 Å². The molecule has 3 N–H and O–H groups in total. The number of nitrogens with one attached hydrogen (secondary N) is 1. The first-order valence-corrected chi connectivity index (χ1v) is 3.52. The number of halogens is 1. The SMILES string of the molecule is NNC(=O)c1cc(Cl)ns1. The largest absolute Gasteiger partial charge is 0.289 e. The molecule has 0 saturated carbocycles. The molecule has 0 atom stereocenters. The Balaban J connectivity index is 2.85. The van der Waals surface area contributed by atoms with Crippen molar-refractivity contribution in [2.45, 2.75) is 0 Å². The highest BCUT2D eigenvalue weighted by Crippen LogP contribution is 2.13. The van der Waals surface area contributed by atoms with E-state index in [1.54, 1.807) is 0 Å². The van der Waals surface area contributed by atoms with Crippen molar-refractivity contribution < 1.29 is 4.79 Å². The van der Waals surface area contributed by atoms with Crippen LogP contribution >= 0.6 is 23.1 Å². The second-order valence-electron chi connectivity index (χ2n) is 1.49. The van der Waals surface area contributed by atoms with Crippen molar-refractivity contribution in [3.63, 3.8) is 0 Å². The van der Waals surface area contributed by atoms with Gasteiger partial charge in [0.25, 0.3) is 5.91 Å². The van der Waals surface area contributed by atoms with Gasteiger partial charge in [0.05, 0.1) is 0 Å². The van der Waals surface area contributed by atoms with Gasteiger partial charge < -0.3 is 0 Å². The fraction of sp³-hybridized carbons (Fsp3) is 0. The highest BCUT2D eigenvalue weighted by Gasteiger charge is 2.06. The van der Waals surface area contributed by atoms with Crippen LogP contribution in [0.1, 0.15) is 9.67 Å². The Kier molecular flexibility index (Phi) is 2.21. The Morgan fingerprint density at radius 2 is 2.60 bits per heavy atom. The third kappa shape index (κ3) is 1.44. The minimum atomic E-state index is -0.371. The summed E-state index contributed by atoms with van der Waals surface area (Å²) < 4.78 is 3.68. The van der Waals surface area contributed by atoms with E-state index < -0.39 is 0 Å². The van der Waals surface area contributed by atoms with Crippen LogP contribution in [0.25, 0.3) is 0 Å². The molecule has 0 radical (unpaired) electrons. The number of nitrogens with two attached hydrogens (primary N) is 1. The number of hydrogen-bond donors (Lipinski definition) is 2. The van der Waals surface area contributed by atoms with Crippen LogP contribution in [0.15, 0.2) is 6.07 Å².